The molecule has 81 heavy (non-hydrogen) atoms. The number of ether oxygens (including phenoxy) is 2. The van der Waals surface area contributed by atoms with Crippen LogP contribution in [0.2, 0.25) is 0 Å². The van der Waals surface area contributed by atoms with Crippen LogP contribution in [0.15, 0.2) is 24.3 Å². The van der Waals surface area contributed by atoms with Gasteiger partial charge in [0.1, 0.15) is 12.2 Å². The zero-order valence-electron chi connectivity index (χ0n) is 56.3. The second-order valence-electron chi connectivity index (χ2n) is 25.4. The molecule has 0 fully saturated rings. The zero-order chi connectivity index (χ0) is 59.3. The standard InChI is InChI=1S/C38H74O3.C38H74O2/c1-4-7-10-13-15-16-20-24-29-34-37(33-28-23-14-11-8-5-2)41-38(40)35-30-25-21-18-17-19-22-27-32-36(39)31-26-12-9-6-3;1-4-7-10-13-16-18-19-20-21-22-23-25-27-30-33-36-38(39)40-37(34-31-28-15-12-9-6-3)35-32-29-26-24-17-14-11-8-5-2/h22,27,36-37,39H,4-21,23-26,28-35H2,1-3H3;20-21,37H,4-19,22-36H2,1-3H3/b27-22-;21-20-. The molecule has 0 aliphatic rings. The topological polar surface area (TPSA) is 72.8 Å². The Balaban J connectivity index is 0. The van der Waals surface area contributed by atoms with E-state index < -0.39 is 0 Å². The number of hydrogen-bond acceptors (Lipinski definition) is 5. The van der Waals surface area contributed by atoms with Crippen molar-refractivity contribution in [3.05, 3.63) is 24.3 Å². The van der Waals surface area contributed by atoms with E-state index in [4.69, 9.17) is 9.47 Å². The van der Waals surface area contributed by atoms with E-state index in [0.29, 0.717) is 12.8 Å². The van der Waals surface area contributed by atoms with E-state index in [-0.39, 0.29) is 30.3 Å². The smallest absolute Gasteiger partial charge is 0.306 e. The summed E-state index contributed by atoms with van der Waals surface area (Å²) in [5.41, 5.74) is 0. The molecular formula is C76H148O5. The monoisotopic (exact) mass is 1140 g/mol. The quantitative estimate of drug-likeness (QED) is 0.0373. The number of aliphatic hydroxyl groups is 1. The summed E-state index contributed by atoms with van der Waals surface area (Å²) in [6.07, 6.45) is 84.9. The predicted octanol–water partition coefficient (Wildman–Crippen LogP) is 26.2. The maximum Gasteiger partial charge on any atom is 0.306 e. The maximum atomic E-state index is 12.6. The van der Waals surface area contributed by atoms with Crippen molar-refractivity contribution in [1.29, 1.82) is 0 Å². The number of carbonyl (C=O) groups is 2. The normalized spacial score (nSPS) is 12.8. The van der Waals surface area contributed by atoms with Crippen LogP contribution < -0.4 is 0 Å². The Morgan fingerprint density at radius 2 is 0.481 bits per heavy atom. The molecule has 5 heteroatoms. The SMILES string of the molecule is CCCCCCCC/C=C\CCCCCCCC(=O)OC(CCCCCCCC)CCCCCCCCCCC.CCCCCCCCCCCC(CCCCCCCC)OC(=O)CCCCCCC/C=C\CC(O)CCCCCC. The molecule has 5 nitrogen and oxygen atoms in total. The van der Waals surface area contributed by atoms with Crippen LogP contribution in [0.3, 0.4) is 0 Å². The Bertz CT molecular complexity index is 1240. The van der Waals surface area contributed by atoms with Gasteiger partial charge in [-0.3, -0.25) is 9.59 Å². The Labute approximate surface area is 509 Å². The lowest BCUT2D eigenvalue weighted by Gasteiger charge is -2.18. The molecule has 0 rings (SSSR count). The van der Waals surface area contributed by atoms with E-state index in [9.17, 15) is 14.7 Å². The molecule has 0 amide bonds. The van der Waals surface area contributed by atoms with Gasteiger partial charge < -0.3 is 14.6 Å². The second kappa shape index (κ2) is 72.6. The highest BCUT2D eigenvalue weighted by Gasteiger charge is 2.16. The van der Waals surface area contributed by atoms with Gasteiger partial charge in [-0.05, 0) is 116 Å². The lowest BCUT2D eigenvalue weighted by molar-refractivity contribution is -0.151. The maximum absolute atomic E-state index is 12.6. The van der Waals surface area contributed by atoms with E-state index in [1.807, 2.05) is 0 Å². The average molecular weight is 1140 g/mol. The second-order valence-corrected chi connectivity index (χ2v) is 25.4. The molecule has 0 heterocycles. The lowest BCUT2D eigenvalue weighted by atomic mass is 10.0. The Morgan fingerprint density at radius 3 is 0.765 bits per heavy atom. The predicted molar refractivity (Wildman–Crippen MR) is 360 cm³/mol. The van der Waals surface area contributed by atoms with Crippen LogP contribution >= 0.6 is 0 Å². The van der Waals surface area contributed by atoms with E-state index in [1.165, 1.54) is 302 Å². The first-order chi connectivity index (χ1) is 39.9. The van der Waals surface area contributed by atoms with Gasteiger partial charge in [-0.15, -0.1) is 0 Å². The summed E-state index contributed by atoms with van der Waals surface area (Å²) in [4.78, 5) is 25.2. The molecule has 0 bridgehead atoms. The summed E-state index contributed by atoms with van der Waals surface area (Å²) in [5, 5.41) is 10.0. The van der Waals surface area contributed by atoms with Gasteiger partial charge in [-0.2, -0.15) is 0 Å². The third kappa shape index (κ3) is 70.8. The number of rotatable bonds is 66. The Hall–Kier alpha value is -1.62. The van der Waals surface area contributed by atoms with Gasteiger partial charge in [0.15, 0.2) is 0 Å². The van der Waals surface area contributed by atoms with Gasteiger partial charge in [-0.25, -0.2) is 0 Å². The lowest BCUT2D eigenvalue weighted by Crippen LogP contribution is -2.18. The van der Waals surface area contributed by atoms with Crippen LogP contribution in [-0.2, 0) is 19.1 Å². The average Bonchev–Trinajstić information content (AvgIpc) is 3.46. The fourth-order valence-electron chi connectivity index (χ4n) is 11.4. The van der Waals surface area contributed by atoms with E-state index in [0.717, 1.165) is 77.0 Å². The summed E-state index contributed by atoms with van der Waals surface area (Å²) >= 11 is 0. The fraction of sp³-hybridized carbons (Fsp3) is 0.921. The summed E-state index contributed by atoms with van der Waals surface area (Å²) < 4.78 is 12.0. The summed E-state index contributed by atoms with van der Waals surface area (Å²) in [6.45, 7) is 13.6. The van der Waals surface area contributed by atoms with Crippen molar-refractivity contribution in [3.8, 4) is 0 Å². The zero-order valence-corrected chi connectivity index (χ0v) is 56.3. The summed E-state index contributed by atoms with van der Waals surface area (Å²) in [6, 6.07) is 0. The number of allylic oxidation sites excluding steroid dienone is 3. The van der Waals surface area contributed by atoms with E-state index in [1.54, 1.807) is 0 Å². The van der Waals surface area contributed by atoms with Crippen molar-refractivity contribution in [1.82, 2.24) is 0 Å². The highest BCUT2D eigenvalue weighted by Crippen LogP contribution is 2.22. The molecule has 0 saturated carbocycles. The Morgan fingerprint density at radius 1 is 0.272 bits per heavy atom. The van der Waals surface area contributed by atoms with Gasteiger partial charge in [0.25, 0.3) is 0 Å². The molecule has 0 saturated heterocycles. The highest BCUT2D eigenvalue weighted by atomic mass is 16.5. The van der Waals surface area contributed by atoms with Crippen molar-refractivity contribution in [2.24, 2.45) is 0 Å². The molecule has 3 atom stereocenters. The molecule has 0 aliphatic heterocycles. The number of hydrogen-bond donors (Lipinski definition) is 1. The minimum absolute atomic E-state index is 0.0353. The van der Waals surface area contributed by atoms with Crippen molar-refractivity contribution in [2.75, 3.05) is 0 Å². The van der Waals surface area contributed by atoms with Crippen LogP contribution in [0.4, 0.5) is 0 Å². The van der Waals surface area contributed by atoms with Gasteiger partial charge >= 0.3 is 11.9 Å². The van der Waals surface area contributed by atoms with Gasteiger partial charge in [0.05, 0.1) is 6.10 Å². The van der Waals surface area contributed by atoms with Gasteiger partial charge in [-0.1, -0.05) is 329 Å². The minimum Gasteiger partial charge on any atom is -0.462 e. The van der Waals surface area contributed by atoms with Gasteiger partial charge in [0.2, 0.25) is 0 Å². The van der Waals surface area contributed by atoms with Crippen LogP contribution in [-0.4, -0.2) is 35.4 Å². The van der Waals surface area contributed by atoms with Crippen molar-refractivity contribution in [2.45, 2.75) is 452 Å². The van der Waals surface area contributed by atoms with Crippen molar-refractivity contribution in [3.63, 3.8) is 0 Å². The summed E-state index contributed by atoms with van der Waals surface area (Å²) in [7, 11) is 0. The number of unbranched alkanes of at least 4 members (excludes halogenated alkanes) is 45. The van der Waals surface area contributed by atoms with Crippen molar-refractivity contribution >= 4 is 11.9 Å². The first-order valence-electron chi connectivity index (χ1n) is 37.2. The largest absolute Gasteiger partial charge is 0.462 e. The van der Waals surface area contributed by atoms with E-state index in [2.05, 4.69) is 65.8 Å². The molecular weight excluding hydrogens is 993 g/mol. The molecule has 0 aromatic rings. The Kier molecular flexibility index (Phi) is 73.0. The first kappa shape index (κ1) is 81.4. The third-order valence-electron chi connectivity index (χ3n) is 17.0. The minimum atomic E-state index is -0.168. The molecule has 1 N–H and O–H groups in total. The number of carbonyl (C=O) groups excluding carboxylic acids is 2. The molecule has 0 aromatic heterocycles. The first-order valence-corrected chi connectivity index (χ1v) is 37.2. The fourth-order valence-corrected chi connectivity index (χ4v) is 11.4. The van der Waals surface area contributed by atoms with E-state index >= 15 is 0 Å². The van der Waals surface area contributed by atoms with Crippen LogP contribution in [0.5, 0.6) is 0 Å². The molecule has 0 aliphatic carbocycles. The molecule has 0 aromatic carbocycles. The highest BCUT2D eigenvalue weighted by molar-refractivity contribution is 5.69. The number of aliphatic hydroxyl groups excluding tert-OH is 1. The van der Waals surface area contributed by atoms with Gasteiger partial charge in [0, 0.05) is 12.8 Å². The molecule has 0 radical (unpaired) electrons. The summed E-state index contributed by atoms with van der Waals surface area (Å²) in [5.74, 6) is 0.0950. The van der Waals surface area contributed by atoms with Crippen LogP contribution in [0.25, 0.3) is 0 Å². The van der Waals surface area contributed by atoms with Crippen molar-refractivity contribution < 1.29 is 24.2 Å². The number of esters is 2. The van der Waals surface area contributed by atoms with Crippen LogP contribution in [0.1, 0.15) is 433 Å². The third-order valence-corrected chi connectivity index (χ3v) is 17.0. The molecule has 482 valence electrons. The molecule has 0 spiro atoms. The molecule has 3 unspecified atom stereocenters. The van der Waals surface area contributed by atoms with Crippen LogP contribution in [0, 0.1) is 0 Å².